The van der Waals surface area contributed by atoms with Gasteiger partial charge in [-0.2, -0.15) is 0 Å². The monoisotopic (exact) mass is 451 g/mol. The summed E-state index contributed by atoms with van der Waals surface area (Å²) in [4.78, 5) is 30.5. The van der Waals surface area contributed by atoms with Gasteiger partial charge in [-0.1, -0.05) is 72.3 Å². The fraction of sp³-hybridized carbons (Fsp3) is 0.130. The molecular weight excluding hydrogens is 434 g/mol. The Morgan fingerprint density at radius 2 is 1.90 bits per heavy atom. The minimum atomic E-state index is -0.542. The van der Waals surface area contributed by atoms with Crippen molar-refractivity contribution in [3.05, 3.63) is 98.6 Å². The number of anilines is 1. The number of fused-ring (bicyclic) bond motifs is 1. The summed E-state index contributed by atoms with van der Waals surface area (Å²) in [5.41, 5.74) is 2.75. The zero-order chi connectivity index (χ0) is 22.0. The number of carbonyl (C=O) groups excluding carboxylic acids is 1. The molecule has 8 heteroatoms. The second-order valence-electron chi connectivity index (χ2n) is 6.91. The van der Waals surface area contributed by atoms with Gasteiger partial charge in [0.05, 0.1) is 32.3 Å². The zero-order valence-corrected chi connectivity index (χ0v) is 18.2. The van der Waals surface area contributed by atoms with E-state index in [2.05, 4.69) is 6.92 Å². The SMILES string of the molecule is CCc1cccc2sc(N(Cc3ccccc3)C(=O)c3cc([N+](=O)[O-])ccc3Cl)nc12. The predicted octanol–water partition coefficient (Wildman–Crippen LogP) is 6.27. The number of aromatic nitrogens is 1. The summed E-state index contributed by atoms with van der Waals surface area (Å²) < 4.78 is 0.977. The molecule has 0 N–H and O–H groups in total. The van der Waals surface area contributed by atoms with Crippen molar-refractivity contribution in [2.24, 2.45) is 0 Å². The number of thiazole rings is 1. The van der Waals surface area contributed by atoms with Crippen molar-refractivity contribution >= 4 is 49.9 Å². The van der Waals surface area contributed by atoms with Gasteiger partial charge in [-0.25, -0.2) is 4.98 Å². The lowest BCUT2D eigenvalue weighted by Crippen LogP contribution is -2.30. The average molecular weight is 452 g/mol. The third kappa shape index (κ3) is 4.28. The molecule has 0 fully saturated rings. The number of carbonyl (C=O) groups is 1. The van der Waals surface area contributed by atoms with Crippen LogP contribution in [0.5, 0.6) is 0 Å². The van der Waals surface area contributed by atoms with E-state index in [4.69, 9.17) is 16.6 Å². The van der Waals surface area contributed by atoms with Crippen molar-refractivity contribution in [2.45, 2.75) is 19.9 Å². The highest BCUT2D eigenvalue weighted by atomic mass is 35.5. The van der Waals surface area contributed by atoms with Gasteiger partial charge < -0.3 is 0 Å². The van der Waals surface area contributed by atoms with E-state index < -0.39 is 10.8 Å². The van der Waals surface area contributed by atoms with Crippen LogP contribution in [0, 0.1) is 10.1 Å². The Morgan fingerprint density at radius 3 is 2.61 bits per heavy atom. The van der Waals surface area contributed by atoms with Crippen LogP contribution in [0.2, 0.25) is 5.02 Å². The van der Waals surface area contributed by atoms with Crippen LogP contribution in [0.1, 0.15) is 28.4 Å². The Kier molecular flexibility index (Phi) is 5.97. The molecule has 31 heavy (non-hydrogen) atoms. The summed E-state index contributed by atoms with van der Waals surface area (Å²) in [6.07, 6.45) is 0.823. The molecule has 4 rings (SSSR count). The summed E-state index contributed by atoms with van der Waals surface area (Å²) in [5, 5.41) is 11.9. The minimum Gasteiger partial charge on any atom is -0.279 e. The Bertz CT molecular complexity index is 1270. The topological polar surface area (TPSA) is 76.3 Å². The minimum absolute atomic E-state index is 0.0711. The van der Waals surface area contributed by atoms with Gasteiger partial charge in [-0.15, -0.1) is 0 Å². The van der Waals surface area contributed by atoms with Crippen LogP contribution in [-0.4, -0.2) is 15.8 Å². The molecule has 1 aromatic heterocycles. The summed E-state index contributed by atoms with van der Waals surface area (Å²) in [6.45, 7) is 2.32. The Morgan fingerprint density at radius 1 is 1.13 bits per heavy atom. The van der Waals surface area contributed by atoms with Gasteiger partial charge in [0.1, 0.15) is 0 Å². The molecule has 0 radical (unpaired) electrons. The molecule has 0 unspecified atom stereocenters. The highest BCUT2D eigenvalue weighted by Crippen LogP contribution is 2.34. The molecule has 0 aliphatic carbocycles. The number of hydrogen-bond acceptors (Lipinski definition) is 5. The highest BCUT2D eigenvalue weighted by Gasteiger charge is 2.25. The van der Waals surface area contributed by atoms with Crippen LogP contribution in [0.25, 0.3) is 10.2 Å². The van der Waals surface area contributed by atoms with Gasteiger partial charge in [0.25, 0.3) is 11.6 Å². The smallest absolute Gasteiger partial charge is 0.270 e. The van der Waals surface area contributed by atoms with Crippen LogP contribution in [0.15, 0.2) is 66.7 Å². The number of para-hydroxylation sites is 1. The number of hydrogen-bond donors (Lipinski definition) is 0. The van der Waals surface area contributed by atoms with Crippen molar-refractivity contribution in [2.75, 3.05) is 4.90 Å². The molecule has 1 heterocycles. The van der Waals surface area contributed by atoms with E-state index >= 15 is 0 Å². The molecular formula is C23H18ClN3O3S. The third-order valence-electron chi connectivity index (χ3n) is 4.92. The quantitative estimate of drug-likeness (QED) is 0.256. The van der Waals surface area contributed by atoms with Gasteiger partial charge >= 0.3 is 0 Å². The number of non-ortho nitro benzene ring substituents is 1. The predicted molar refractivity (Wildman–Crippen MR) is 124 cm³/mol. The summed E-state index contributed by atoms with van der Waals surface area (Å²) in [5.74, 6) is -0.436. The molecule has 0 aliphatic rings. The van der Waals surface area contributed by atoms with Crippen LogP contribution in [0.4, 0.5) is 10.8 Å². The van der Waals surface area contributed by atoms with Crippen molar-refractivity contribution in [3.8, 4) is 0 Å². The molecule has 156 valence electrons. The number of halogens is 1. The molecule has 0 bridgehead atoms. The van der Waals surface area contributed by atoms with E-state index in [1.165, 1.54) is 34.4 Å². The number of aryl methyl sites for hydroxylation is 1. The maximum absolute atomic E-state index is 13.6. The molecule has 0 spiro atoms. The Hall–Kier alpha value is -3.29. The molecule has 4 aromatic rings. The van der Waals surface area contributed by atoms with Crippen LogP contribution in [0.3, 0.4) is 0 Å². The van der Waals surface area contributed by atoms with Gasteiger partial charge in [0.2, 0.25) is 0 Å². The fourth-order valence-corrected chi connectivity index (χ4v) is 4.53. The number of benzene rings is 3. The Labute approximate surface area is 187 Å². The first-order valence-electron chi connectivity index (χ1n) is 9.66. The molecule has 0 atom stereocenters. The first-order valence-corrected chi connectivity index (χ1v) is 10.9. The lowest BCUT2D eigenvalue weighted by Gasteiger charge is -2.20. The second-order valence-corrected chi connectivity index (χ2v) is 8.33. The van der Waals surface area contributed by atoms with Gasteiger partial charge in [-0.3, -0.25) is 19.8 Å². The molecule has 0 aliphatic heterocycles. The maximum atomic E-state index is 13.6. The Balaban J connectivity index is 1.83. The van der Waals surface area contributed by atoms with Crippen molar-refractivity contribution in [3.63, 3.8) is 0 Å². The van der Waals surface area contributed by atoms with E-state index in [1.807, 2.05) is 48.5 Å². The van der Waals surface area contributed by atoms with Crippen LogP contribution < -0.4 is 4.90 Å². The summed E-state index contributed by atoms with van der Waals surface area (Å²) in [6, 6.07) is 19.4. The van der Waals surface area contributed by atoms with E-state index in [0.29, 0.717) is 5.13 Å². The zero-order valence-electron chi connectivity index (χ0n) is 16.6. The van der Waals surface area contributed by atoms with E-state index in [-0.39, 0.29) is 22.8 Å². The van der Waals surface area contributed by atoms with Gasteiger partial charge in [0.15, 0.2) is 5.13 Å². The first kappa shape index (κ1) is 21.0. The molecule has 1 amide bonds. The fourth-order valence-electron chi connectivity index (χ4n) is 3.32. The van der Waals surface area contributed by atoms with Crippen molar-refractivity contribution in [1.29, 1.82) is 0 Å². The van der Waals surface area contributed by atoms with E-state index in [0.717, 1.165) is 27.8 Å². The maximum Gasteiger partial charge on any atom is 0.270 e. The number of nitrogens with zero attached hydrogens (tertiary/aromatic N) is 3. The molecule has 0 saturated heterocycles. The van der Waals surface area contributed by atoms with Crippen molar-refractivity contribution in [1.82, 2.24) is 4.98 Å². The molecule has 0 saturated carbocycles. The highest BCUT2D eigenvalue weighted by molar-refractivity contribution is 7.22. The van der Waals surface area contributed by atoms with Crippen LogP contribution >= 0.6 is 22.9 Å². The van der Waals surface area contributed by atoms with E-state index in [9.17, 15) is 14.9 Å². The van der Waals surface area contributed by atoms with E-state index in [1.54, 1.807) is 0 Å². The summed E-state index contributed by atoms with van der Waals surface area (Å²) in [7, 11) is 0. The lowest BCUT2D eigenvalue weighted by molar-refractivity contribution is -0.384. The second kappa shape index (κ2) is 8.83. The number of rotatable bonds is 6. The largest absolute Gasteiger partial charge is 0.279 e. The normalized spacial score (nSPS) is 10.9. The van der Waals surface area contributed by atoms with Gasteiger partial charge in [-0.05, 0) is 29.7 Å². The number of amides is 1. The van der Waals surface area contributed by atoms with Crippen LogP contribution in [-0.2, 0) is 13.0 Å². The number of nitro benzene ring substituents is 1. The standard InChI is InChI=1S/C23H18ClN3O3S/c1-2-16-9-6-10-20-21(16)25-23(31-20)26(14-15-7-4-3-5-8-15)22(28)18-13-17(27(29)30)11-12-19(18)24/h3-13H,2,14H2,1H3. The van der Waals surface area contributed by atoms with Crippen molar-refractivity contribution < 1.29 is 9.72 Å². The number of nitro groups is 1. The molecule has 3 aromatic carbocycles. The third-order valence-corrected chi connectivity index (χ3v) is 6.30. The molecule has 6 nitrogen and oxygen atoms in total. The van der Waals surface area contributed by atoms with Gasteiger partial charge in [0, 0.05) is 12.1 Å². The summed E-state index contributed by atoms with van der Waals surface area (Å²) >= 11 is 7.68. The average Bonchev–Trinajstić information content (AvgIpc) is 3.22. The first-order chi connectivity index (χ1) is 15.0. The lowest BCUT2D eigenvalue weighted by atomic mass is 10.1.